The van der Waals surface area contributed by atoms with E-state index in [9.17, 15) is 4.79 Å². The van der Waals surface area contributed by atoms with E-state index in [4.69, 9.17) is 23.7 Å². The monoisotopic (exact) mass is 402 g/mol. The first-order chi connectivity index (χ1) is 13.7. The first-order valence-electron chi connectivity index (χ1n) is 11.3. The summed E-state index contributed by atoms with van der Waals surface area (Å²) < 4.78 is 29.6. The van der Waals surface area contributed by atoms with Crippen LogP contribution < -0.4 is 0 Å². The van der Waals surface area contributed by atoms with Gasteiger partial charge in [0.15, 0.2) is 12.2 Å². The molecule has 0 saturated carbocycles. The molecule has 0 amide bonds. The maximum Gasteiger partial charge on any atom is 0.338 e. The van der Waals surface area contributed by atoms with Crippen LogP contribution in [0.15, 0.2) is 0 Å². The lowest BCUT2D eigenvalue weighted by Gasteiger charge is -2.41. The fourth-order valence-electron chi connectivity index (χ4n) is 3.01. The zero-order valence-electron chi connectivity index (χ0n) is 18.5. The maximum absolute atomic E-state index is 12.7. The molecule has 1 aliphatic heterocycles. The zero-order chi connectivity index (χ0) is 20.6. The Bertz CT molecular complexity index is 389. The van der Waals surface area contributed by atoms with Gasteiger partial charge in [0.25, 0.3) is 0 Å². The molecule has 28 heavy (non-hydrogen) atoms. The Balaban J connectivity index is 2.86. The summed E-state index contributed by atoms with van der Waals surface area (Å²) >= 11 is 0. The number of rotatable bonds is 17. The predicted molar refractivity (Wildman–Crippen MR) is 110 cm³/mol. The van der Waals surface area contributed by atoms with Gasteiger partial charge in [-0.05, 0) is 25.7 Å². The van der Waals surface area contributed by atoms with Gasteiger partial charge in [0.2, 0.25) is 0 Å². The Morgan fingerprint density at radius 3 is 1.79 bits per heavy atom. The second kappa shape index (κ2) is 16.1. The van der Waals surface area contributed by atoms with E-state index in [0.717, 1.165) is 51.4 Å². The van der Waals surface area contributed by atoms with Crippen molar-refractivity contribution in [2.45, 2.75) is 103 Å². The quantitative estimate of drug-likeness (QED) is 0.267. The van der Waals surface area contributed by atoms with Crippen molar-refractivity contribution in [2.24, 2.45) is 0 Å². The SMILES string of the molecule is CCCCOCC1OC(=O)C(OCCCC)C(OCCCC)[C@@H]1OCCCC. The lowest BCUT2D eigenvalue weighted by molar-refractivity contribution is -0.233. The Morgan fingerprint density at radius 1 is 0.714 bits per heavy atom. The molecule has 0 aromatic carbocycles. The molecular formula is C22H42O6. The summed E-state index contributed by atoms with van der Waals surface area (Å²) in [7, 11) is 0. The number of carbonyl (C=O) groups excluding carboxylic acids is 1. The van der Waals surface area contributed by atoms with Gasteiger partial charge in [0, 0.05) is 26.4 Å². The topological polar surface area (TPSA) is 63.2 Å². The van der Waals surface area contributed by atoms with Crippen LogP contribution in [0.1, 0.15) is 79.1 Å². The van der Waals surface area contributed by atoms with Crippen molar-refractivity contribution in [1.82, 2.24) is 0 Å². The van der Waals surface area contributed by atoms with Crippen LogP contribution in [0.5, 0.6) is 0 Å². The van der Waals surface area contributed by atoms with Crippen LogP contribution >= 0.6 is 0 Å². The van der Waals surface area contributed by atoms with Crippen LogP contribution in [0.3, 0.4) is 0 Å². The fraction of sp³-hybridized carbons (Fsp3) is 0.955. The molecule has 6 nitrogen and oxygen atoms in total. The van der Waals surface area contributed by atoms with Crippen LogP contribution in [0.25, 0.3) is 0 Å². The molecule has 0 aromatic heterocycles. The average molecular weight is 403 g/mol. The molecule has 0 aliphatic carbocycles. The van der Waals surface area contributed by atoms with Gasteiger partial charge in [-0.3, -0.25) is 0 Å². The van der Waals surface area contributed by atoms with Crippen molar-refractivity contribution in [2.75, 3.05) is 33.0 Å². The van der Waals surface area contributed by atoms with Crippen LogP contribution in [-0.4, -0.2) is 63.4 Å². The number of esters is 1. The van der Waals surface area contributed by atoms with Crippen LogP contribution in [0.2, 0.25) is 0 Å². The van der Waals surface area contributed by atoms with Gasteiger partial charge in [-0.25, -0.2) is 4.79 Å². The lowest BCUT2D eigenvalue weighted by atomic mass is 9.98. The Labute approximate surface area is 171 Å². The van der Waals surface area contributed by atoms with Gasteiger partial charge < -0.3 is 23.7 Å². The molecule has 3 unspecified atom stereocenters. The fourth-order valence-corrected chi connectivity index (χ4v) is 3.01. The first-order valence-corrected chi connectivity index (χ1v) is 11.3. The summed E-state index contributed by atoms with van der Waals surface area (Å²) in [5, 5.41) is 0. The number of carbonyl (C=O) groups is 1. The summed E-state index contributed by atoms with van der Waals surface area (Å²) in [5.41, 5.74) is 0. The molecule has 4 atom stereocenters. The third-order valence-corrected chi connectivity index (χ3v) is 4.82. The zero-order valence-corrected chi connectivity index (χ0v) is 18.5. The molecule has 0 bridgehead atoms. The van der Waals surface area contributed by atoms with Gasteiger partial charge >= 0.3 is 5.97 Å². The van der Waals surface area contributed by atoms with E-state index in [-0.39, 0.29) is 12.1 Å². The van der Waals surface area contributed by atoms with Gasteiger partial charge in [-0.1, -0.05) is 53.4 Å². The van der Waals surface area contributed by atoms with Crippen molar-refractivity contribution >= 4 is 5.97 Å². The predicted octanol–water partition coefficient (Wildman–Crippen LogP) is 4.28. The summed E-state index contributed by atoms with van der Waals surface area (Å²) in [5.74, 6) is -0.364. The lowest BCUT2D eigenvalue weighted by Crippen LogP contribution is -2.60. The van der Waals surface area contributed by atoms with E-state index in [1.54, 1.807) is 0 Å². The van der Waals surface area contributed by atoms with E-state index in [1.807, 2.05) is 0 Å². The van der Waals surface area contributed by atoms with E-state index in [2.05, 4.69) is 27.7 Å². The molecule has 166 valence electrons. The highest BCUT2D eigenvalue weighted by Crippen LogP contribution is 2.26. The number of hydrogen-bond donors (Lipinski definition) is 0. The summed E-state index contributed by atoms with van der Waals surface area (Å²) in [4.78, 5) is 12.7. The summed E-state index contributed by atoms with van der Waals surface area (Å²) in [6.45, 7) is 11.2. The Hall–Kier alpha value is -0.690. The average Bonchev–Trinajstić information content (AvgIpc) is 2.69. The van der Waals surface area contributed by atoms with Crippen LogP contribution in [-0.2, 0) is 28.5 Å². The molecule has 6 heteroatoms. The molecule has 1 saturated heterocycles. The molecule has 0 spiro atoms. The summed E-state index contributed by atoms with van der Waals surface area (Å²) in [6, 6.07) is 0. The van der Waals surface area contributed by atoms with Crippen LogP contribution in [0.4, 0.5) is 0 Å². The maximum atomic E-state index is 12.7. The van der Waals surface area contributed by atoms with Crippen molar-refractivity contribution in [3.05, 3.63) is 0 Å². The van der Waals surface area contributed by atoms with Crippen molar-refractivity contribution in [1.29, 1.82) is 0 Å². The normalized spacial score (nSPS) is 25.1. The van der Waals surface area contributed by atoms with E-state index >= 15 is 0 Å². The van der Waals surface area contributed by atoms with E-state index in [0.29, 0.717) is 33.0 Å². The molecule has 0 radical (unpaired) electrons. The van der Waals surface area contributed by atoms with Gasteiger partial charge in [-0.2, -0.15) is 0 Å². The summed E-state index contributed by atoms with van der Waals surface area (Å²) in [6.07, 6.45) is 5.91. The Kier molecular flexibility index (Phi) is 14.6. The highest BCUT2D eigenvalue weighted by molar-refractivity contribution is 5.77. The number of hydrogen-bond acceptors (Lipinski definition) is 6. The van der Waals surface area contributed by atoms with E-state index in [1.165, 1.54) is 0 Å². The van der Waals surface area contributed by atoms with Crippen molar-refractivity contribution < 1.29 is 28.5 Å². The van der Waals surface area contributed by atoms with Gasteiger partial charge in [-0.15, -0.1) is 0 Å². The molecule has 1 heterocycles. The third kappa shape index (κ3) is 9.21. The third-order valence-electron chi connectivity index (χ3n) is 4.82. The Morgan fingerprint density at radius 2 is 1.21 bits per heavy atom. The minimum Gasteiger partial charge on any atom is -0.455 e. The molecule has 1 aliphatic rings. The molecule has 0 N–H and O–H groups in total. The molecule has 1 rings (SSSR count). The van der Waals surface area contributed by atoms with Crippen molar-refractivity contribution in [3.63, 3.8) is 0 Å². The minimum absolute atomic E-state index is 0.331. The van der Waals surface area contributed by atoms with Gasteiger partial charge in [0.05, 0.1) is 6.61 Å². The smallest absolute Gasteiger partial charge is 0.338 e. The number of ether oxygens (including phenoxy) is 5. The second-order valence-electron chi connectivity index (χ2n) is 7.43. The van der Waals surface area contributed by atoms with Crippen molar-refractivity contribution in [3.8, 4) is 0 Å². The van der Waals surface area contributed by atoms with Gasteiger partial charge in [0.1, 0.15) is 12.2 Å². The van der Waals surface area contributed by atoms with E-state index < -0.39 is 18.3 Å². The number of cyclic esters (lactones) is 1. The standard InChI is InChI=1S/C22H42O6/c1-5-9-13-24-17-18-19(25-14-10-6-2)20(26-15-11-7-3)21(22(23)28-18)27-16-12-8-4/h18-21H,5-17H2,1-4H3/t18?,19-,20?,21?/m1/s1. The number of unbranched alkanes of at least 4 members (excludes halogenated alkanes) is 4. The molecular weight excluding hydrogens is 360 g/mol. The first kappa shape index (κ1) is 25.3. The second-order valence-corrected chi connectivity index (χ2v) is 7.43. The largest absolute Gasteiger partial charge is 0.455 e. The van der Waals surface area contributed by atoms with Crippen LogP contribution in [0, 0.1) is 0 Å². The molecule has 1 fully saturated rings. The minimum atomic E-state index is -0.734. The highest BCUT2D eigenvalue weighted by Gasteiger charge is 2.48. The molecule has 0 aromatic rings. The highest BCUT2D eigenvalue weighted by atomic mass is 16.6.